The van der Waals surface area contributed by atoms with Crippen molar-refractivity contribution in [3.8, 4) is 11.5 Å². The standard InChI is InChI=1S/C20H26N2O3/c1-3-24-17-11-10-15(14-18(17)25-4-2)12-13-22-20(23)19(21)16-8-6-5-7-9-16/h5-11,14,19H,3-4,12-13,21H2,1-2H3,(H,22,23). The molecule has 0 radical (unpaired) electrons. The van der Waals surface area contributed by atoms with Crippen LogP contribution in [0.3, 0.4) is 0 Å². The Balaban J connectivity index is 1.90. The molecule has 0 heterocycles. The largest absolute Gasteiger partial charge is 0.490 e. The Labute approximate surface area is 149 Å². The maximum absolute atomic E-state index is 12.2. The summed E-state index contributed by atoms with van der Waals surface area (Å²) in [7, 11) is 0. The molecule has 5 heteroatoms. The van der Waals surface area contributed by atoms with Crippen molar-refractivity contribution in [2.24, 2.45) is 5.73 Å². The molecule has 1 unspecified atom stereocenters. The summed E-state index contributed by atoms with van der Waals surface area (Å²) in [6.45, 7) is 5.56. The normalized spacial score (nSPS) is 11.6. The lowest BCUT2D eigenvalue weighted by atomic mass is 10.1. The molecule has 0 fully saturated rings. The van der Waals surface area contributed by atoms with Crippen molar-refractivity contribution in [1.29, 1.82) is 0 Å². The van der Waals surface area contributed by atoms with E-state index in [2.05, 4.69) is 5.32 Å². The second kappa shape index (κ2) is 9.69. The molecule has 25 heavy (non-hydrogen) atoms. The molecule has 0 saturated heterocycles. The van der Waals surface area contributed by atoms with E-state index >= 15 is 0 Å². The van der Waals surface area contributed by atoms with Gasteiger partial charge in [-0.05, 0) is 43.5 Å². The predicted octanol–water partition coefficient (Wildman–Crippen LogP) is 2.84. The zero-order valence-electron chi connectivity index (χ0n) is 14.8. The molecular weight excluding hydrogens is 316 g/mol. The third-order valence-electron chi connectivity index (χ3n) is 3.76. The average molecular weight is 342 g/mol. The number of amides is 1. The minimum atomic E-state index is -0.652. The van der Waals surface area contributed by atoms with Gasteiger partial charge in [-0.2, -0.15) is 0 Å². The fraction of sp³-hybridized carbons (Fsp3) is 0.350. The molecule has 1 amide bonds. The van der Waals surface area contributed by atoms with Gasteiger partial charge in [0.25, 0.3) is 0 Å². The number of benzene rings is 2. The molecular formula is C20H26N2O3. The molecule has 0 spiro atoms. The SMILES string of the molecule is CCOc1ccc(CCNC(=O)C(N)c2ccccc2)cc1OCC. The van der Waals surface area contributed by atoms with E-state index in [1.54, 1.807) is 0 Å². The van der Waals surface area contributed by atoms with Gasteiger partial charge in [-0.25, -0.2) is 0 Å². The molecule has 0 aliphatic heterocycles. The third kappa shape index (κ3) is 5.50. The zero-order chi connectivity index (χ0) is 18.1. The van der Waals surface area contributed by atoms with Crippen molar-refractivity contribution in [2.75, 3.05) is 19.8 Å². The van der Waals surface area contributed by atoms with Crippen LogP contribution in [0.1, 0.15) is 31.0 Å². The number of ether oxygens (including phenoxy) is 2. The number of rotatable bonds is 9. The Morgan fingerprint density at radius 2 is 1.72 bits per heavy atom. The van der Waals surface area contributed by atoms with Gasteiger partial charge in [-0.3, -0.25) is 4.79 Å². The summed E-state index contributed by atoms with van der Waals surface area (Å²) in [6.07, 6.45) is 0.694. The monoisotopic (exact) mass is 342 g/mol. The summed E-state index contributed by atoms with van der Waals surface area (Å²) in [6, 6.07) is 14.5. The van der Waals surface area contributed by atoms with Gasteiger partial charge in [0.05, 0.1) is 13.2 Å². The van der Waals surface area contributed by atoms with E-state index in [9.17, 15) is 4.79 Å². The van der Waals surface area contributed by atoms with Gasteiger partial charge in [-0.15, -0.1) is 0 Å². The summed E-state index contributed by atoms with van der Waals surface area (Å²) in [4.78, 5) is 12.2. The minimum Gasteiger partial charge on any atom is -0.490 e. The molecule has 0 aliphatic carbocycles. The van der Waals surface area contributed by atoms with Gasteiger partial charge in [-0.1, -0.05) is 36.4 Å². The Bertz CT molecular complexity index is 674. The van der Waals surface area contributed by atoms with Crippen LogP contribution in [0.2, 0.25) is 0 Å². The first-order valence-corrected chi connectivity index (χ1v) is 8.62. The number of nitrogens with one attached hydrogen (secondary N) is 1. The summed E-state index contributed by atoms with van der Waals surface area (Å²) in [5.41, 5.74) is 7.86. The molecule has 134 valence electrons. The van der Waals surface area contributed by atoms with Crippen LogP contribution in [-0.4, -0.2) is 25.7 Å². The highest BCUT2D eigenvalue weighted by atomic mass is 16.5. The van der Waals surface area contributed by atoms with Crippen LogP contribution in [0, 0.1) is 0 Å². The summed E-state index contributed by atoms with van der Waals surface area (Å²) in [5.74, 6) is 1.29. The lowest BCUT2D eigenvalue weighted by Crippen LogP contribution is -2.35. The number of nitrogens with two attached hydrogens (primary N) is 1. The van der Waals surface area contributed by atoms with E-state index in [1.807, 2.05) is 62.4 Å². The van der Waals surface area contributed by atoms with E-state index < -0.39 is 6.04 Å². The highest BCUT2D eigenvalue weighted by molar-refractivity contribution is 5.82. The highest BCUT2D eigenvalue weighted by Crippen LogP contribution is 2.28. The van der Waals surface area contributed by atoms with E-state index in [0.29, 0.717) is 26.2 Å². The molecule has 3 N–H and O–H groups in total. The van der Waals surface area contributed by atoms with Gasteiger partial charge in [0.15, 0.2) is 11.5 Å². The van der Waals surface area contributed by atoms with E-state index in [0.717, 1.165) is 22.6 Å². The van der Waals surface area contributed by atoms with E-state index in [1.165, 1.54) is 0 Å². The van der Waals surface area contributed by atoms with Crippen LogP contribution in [0.5, 0.6) is 11.5 Å². The molecule has 1 atom stereocenters. The molecule has 0 aliphatic rings. The molecule has 5 nitrogen and oxygen atoms in total. The summed E-state index contributed by atoms with van der Waals surface area (Å²) in [5, 5.41) is 2.88. The summed E-state index contributed by atoms with van der Waals surface area (Å²) < 4.78 is 11.2. The number of carbonyl (C=O) groups is 1. The molecule has 2 rings (SSSR count). The molecule has 2 aromatic carbocycles. The second-order valence-electron chi connectivity index (χ2n) is 5.58. The fourth-order valence-corrected chi connectivity index (χ4v) is 2.50. The first kappa shape index (κ1) is 18.8. The lowest BCUT2D eigenvalue weighted by Gasteiger charge is -2.14. The molecule has 0 aromatic heterocycles. The van der Waals surface area contributed by atoms with Crippen molar-refractivity contribution in [3.05, 3.63) is 59.7 Å². The predicted molar refractivity (Wildman–Crippen MR) is 98.9 cm³/mol. The maximum atomic E-state index is 12.2. The van der Waals surface area contributed by atoms with Crippen molar-refractivity contribution in [2.45, 2.75) is 26.3 Å². The lowest BCUT2D eigenvalue weighted by molar-refractivity contribution is -0.122. The molecule has 2 aromatic rings. The van der Waals surface area contributed by atoms with Gasteiger partial charge in [0.2, 0.25) is 5.91 Å². The van der Waals surface area contributed by atoms with Gasteiger partial charge < -0.3 is 20.5 Å². The Hall–Kier alpha value is -2.53. The van der Waals surface area contributed by atoms with Crippen LogP contribution in [0.4, 0.5) is 0 Å². The van der Waals surface area contributed by atoms with Gasteiger partial charge in [0.1, 0.15) is 6.04 Å². The second-order valence-corrected chi connectivity index (χ2v) is 5.58. The van der Waals surface area contributed by atoms with Crippen LogP contribution in [-0.2, 0) is 11.2 Å². The Morgan fingerprint density at radius 3 is 2.40 bits per heavy atom. The topological polar surface area (TPSA) is 73.6 Å². The number of carbonyl (C=O) groups excluding carboxylic acids is 1. The minimum absolute atomic E-state index is 0.179. The van der Waals surface area contributed by atoms with Crippen LogP contribution in [0.15, 0.2) is 48.5 Å². The first-order valence-electron chi connectivity index (χ1n) is 8.62. The third-order valence-corrected chi connectivity index (χ3v) is 3.76. The van der Waals surface area contributed by atoms with E-state index in [-0.39, 0.29) is 5.91 Å². The highest BCUT2D eigenvalue weighted by Gasteiger charge is 2.14. The quantitative estimate of drug-likeness (QED) is 0.735. The fourth-order valence-electron chi connectivity index (χ4n) is 2.50. The maximum Gasteiger partial charge on any atom is 0.241 e. The van der Waals surface area contributed by atoms with Crippen LogP contribution in [0.25, 0.3) is 0 Å². The average Bonchev–Trinajstić information content (AvgIpc) is 2.64. The van der Waals surface area contributed by atoms with Gasteiger partial charge >= 0.3 is 0 Å². The molecule has 0 saturated carbocycles. The van der Waals surface area contributed by atoms with Crippen LogP contribution >= 0.6 is 0 Å². The summed E-state index contributed by atoms with van der Waals surface area (Å²) >= 11 is 0. The molecule has 0 bridgehead atoms. The van der Waals surface area contributed by atoms with Crippen molar-refractivity contribution in [1.82, 2.24) is 5.32 Å². The Morgan fingerprint density at radius 1 is 1.04 bits per heavy atom. The number of hydrogen-bond acceptors (Lipinski definition) is 4. The van der Waals surface area contributed by atoms with Crippen LogP contribution < -0.4 is 20.5 Å². The first-order chi connectivity index (χ1) is 12.2. The van der Waals surface area contributed by atoms with Gasteiger partial charge in [0, 0.05) is 6.54 Å². The Kier molecular flexibility index (Phi) is 7.29. The number of hydrogen-bond donors (Lipinski definition) is 2. The van der Waals surface area contributed by atoms with Crippen molar-refractivity contribution >= 4 is 5.91 Å². The van der Waals surface area contributed by atoms with Crippen molar-refractivity contribution in [3.63, 3.8) is 0 Å². The van der Waals surface area contributed by atoms with E-state index in [4.69, 9.17) is 15.2 Å². The van der Waals surface area contributed by atoms with Crippen molar-refractivity contribution < 1.29 is 14.3 Å². The smallest absolute Gasteiger partial charge is 0.241 e. The zero-order valence-corrected chi connectivity index (χ0v) is 14.8.